The van der Waals surface area contributed by atoms with E-state index in [1.165, 1.54) is 24.3 Å². The fraction of sp³-hybridized carbons (Fsp3) is 0.310. The molecule has 1 aromatic heterocycles. The fourth-order valence-corrected chi connectivity index (χ4v) is 4.66. The number of amides is 1. The van der Waals surface area contributed by atoms with E-state index in [9.17, 15) is 14.3 Å². The molecule has 0 unspecified atom stereocenters. The zero-order chi connectivity index (χ0) is 25.8. The molecule has 0 saturated heterocycles. The third kappa shape index (κ3) is 5.41. The van der Waals surface area contributed by atoms with Gasteiger partial charge in [0.25, 0.3) is 5.91 Å². The van der Waals surface area contributed by atoms with Crippen molar-refractivity contribution in [2.45, 2.75) is 39.8 Å². The van der Waals surface area contributed by atoms with Crippen molar-refractivity contribution in [3.05, 3.63) is 95.1 Å². The number of halogens is 1. The highest BCUT2D eigenvalue weighted by Crippen LogP contribution is 2.33. The van der Waals surface area contributed by atoms with Crippen molar-refractivity contribution in [2.24, 2.45) is 11.7 Å². The average Bonchev–Trinajstić information content (AvgIpc) is 3.18. The number of aromatic hydroxyl groups is 1. The Morgan fingerprint density at radius 1 is 1.11 bits per heavy atom. The van der Waals surface area contributed by atoms with E-state index in [0.717, 1.165) is 28.0 Å². The van der Waals surface area contributed by atoms with Crippen LogP contribution in [0, 0.1) is 18.7 Å². The second-order valence-electron chi connectivity index (χ2n) is 9.55. The van der Waals surface area contributed by atoms with E-state index in [-0.39, 0.29) is 29.4 Å². The molecule has 0 bridgehead atoms. The number of hydrogen-bond donors (Lipinski definition) is 2. The summed E-state index contributed by atoms with van der Waals surface area (Å²) in [6.45, 7) is 7.49. The van der Waals surface area contributed by atoms with Gasteiger partial charge in [0.05, 0.1) is 17.1 Å². The van der Waals surface area contributed by atoms with Gasteiger partial charge in [0, 0.05) is 18.7 Å². The molecule has 0 fully saturated rings. The van der Waals surface area contributed by atoms with E-state index in [2.05, 4.69) is 18.4 Å². The minimum atomic E-state index is -0.348. The summed E-state index contributed by atoms with van der Waals surface area (Å²) < 4.78 is 16.1. The first-order valence-corrected chi connectivity index (χ1v) is 12.3. The molecule has 188 valence electrons. The molecule has 6 nitrogen and oxygen atoms in total. The minimum absolute atomic E-state index is 0.0352. The number of carbonyl (C=O) groups is 1. The number of phenolic OH excluding ortho intramolecular Hbond substituents is 1. The van der Waals surface area contributed by atoms with Gasteiger partial charge in [0.1, 0.15) is 17.4 Å². The van der Waals surface area contributed by atoms with Gasteiger partial charge in [-0.25, -0.2) is 9.37 Å². The Bertz CT molecular complexity index is 1350. The molecule has 0 aliphatic carbocycles. The largest absolute Gasteiger partial charge is 0.508 e. The van der Waals surface area contributed by atoms with Crippen LogP contribution in [0.5, 0.6) is 5.75 Å². The summed E-state index contributed by atoms with van der Waals surface area (Å²) in [6.07, 6.45) is 0.635. The number of rotatable bonds is 9. The van der Waals surface area contributed by atoms with Crippen LogP contribution in [0.25, 0.3) is 11.0 Å². The van der Waals surface area contributed by atoms with E-state index in [4.69, 9.17) is 10.7 Å². The highest BCUT2D eigenvalue weighted by Gasteiger charge is 2.32. The first kappa shape index (κ1) is 25.4. The summed E-state index contributed by atoms with van der Waals surface area (Å²) in [6, 6.07) is 18.6. The Balaban J connectivity index is 1.86. The second kappa shape index (κ2) is 10.9. The molecule has 0 aliphatic heterocycles. The smallest absolute Gasteiger partial charge is 0.254 e. The predicted octanol–water partition coefficient (Wildman–Crippen LogP) is 5.43. The number of nitrogens with zero attached hydrogens (tertiary/aromatic N) is 3. The van der Waals surface area contributed by atoms with Crippen LogP contribution in [0.1, 0.15) is 53.6 Å². The lowest BCUT2D eigenvalue weighted by molar-refractivity contribution is 0.0605. The van der Waals surface area contributed by atoms with Crippen molar-refractivity contribution in [3.63, 3.8) is 0 Å². The summed E-state index contributed by atoms with van der Waals surface area (Å²) in [5, 5.41) is 9.71. The Hall–Kier alpha value is -3.71. The lowest BCUT2D eigenvalue weighted by Gasteiger charge is -2.34. The van der Waals surface area contributed by atoms with Crippen LogP contribution in [-0.2, 0) is 6.54 Å². The number of carbonyl (C=O) groups excluding carboxylic acids is 1. The van der Waals surface area contributed by atoms with Gasteiger partial charge in [0.2, 0.25) is 0 Å². The van der Waals surface area contributed by atoms with Crippen LogP contribution < -0.4 is 5.73 Å². The van der Waals surface area contributed by atoms with Crippen molar-refractivity contribution >= 4 is 16.9 Å². The third-order valence-corrected chi connectivity index (χ3v) is 6.37. The number of benzene rings is 3. The standard InChI is InChI=1S/C29H33FN4O2/c1-19(2)27(33(15-5-14-31)29(36)22-9-11-24(35)12-10-22)28-32-25-16-20(3)8-13-26(25)34(28)18-21-6-4-7-23(30)17-21/h4,6-13,16-17,19,27,35H,5,14-15,18,31H2,1-3H3/t27-/m1/s1. The number of imidazole rings is 1. The molecule has 3 N–H and O–H groups in total. The van der Waals surface area contributed by atoms with E-state index in [1.54, 1.807) is 18.2 Å². The van der Waals surface area contributed by atoms with Crippen molar-refractivity contribution in [3.8, 4) is 5.75 Å². The van der Waals surface area contributed by atoms with Crippen molar-refractivity contribution in [1.29, 1.82) is 0 Å². The summed E-state index contributed by atoms with van der Waals surface area (Å²) in [7, 11) is 0. The van der Waals surface area contributed by atoms with E-state index in [1.807, 2.05) is 36.1 Å². The topological polar surface area (TPSA) is 84.4 Å². The maximum Gasteiger partial charge on any atom is 0.254 e. The maximum absolute atomic E-state index is 14.0. The summed E-state index contributed by atoms with van der Waals surface area (Å²) >= 11 is 0. The first-order valence-electron chi connectivity index (χ1n) is 12.3. The average molecular weight is 489 g/mol. The zero-order valence-corrected chi connectivity index (χ0v) is 21.0. The molecular formula is C29H33FN4O2. The first-order chi connectivity index (χ1) is 17.3. The molecule has 0 spiro atoms. The number of aromatic nitrogens is 2. The minimum Gasteiger partial charge on any atom is -0.508 e. The molecule has 4 rings (SSSR count). The van der Waals surface area contributed by atoms with Gasteiger partial charge in [-0.15, -0.1) is 0 Å². The second-order valence-corrected chi connectivity index (χ2v) is 9.55. The number of nitrogens with two attached hydrogens (primary N) is 1. The molecule has 3 aromatic carbocycles. The van der Waals surface area contributed by atoms with Gasteiger partial charge in [-0.2, -0.15) is 0 Å². The summed E-state index contributed by atoms with van der Waals surface area (Å²) in [4.78, 5) is 20.7. The third-order valence-electron chi connectivity index (χ3n) is 6.37. The highest BCUT2D eigenvalue weighted by molar-refractivity contribution is 5.94. The van der Waals surface area contributed by atoms with Crippen LogP contribution >= 0.6 is 0 Å². The van der Waals surface area contributed by atoms with E-state index in [0.29, 0.717) is 31.6 Å². The number of aryl methyl sites for hydroxylation is 1. The molecule has 0 saturated carbocycles. The van der Waals surface area contributed by atoms with Crippen molar-refractivity contribution < 1.29 is 14.3 Å². The molecular weight excluding hydrogens is 455 g/mol. The van der Waals surface area contributed by atoms with Crippen LogP contribution in [0.2, 0.25) is 0 Å². The number of phenols is 1. The van der Waals surface area contributed by atoms with Crippen LogP contribution in [-0.4, -0.2) is 38.6 Å². The monoisotopic (exact) mass is 488 g/mol. The van der Waals surface area contributed by atoms with Crippen LogP contribution in [0.4, 0.5) is 4.39 Å². The van der Waals surface area contributed by atoms with Crippen LogP contribution in [0.15, 0.2) is 66.7 Å². The fourth-order valence-electron chi connectivity index (χ4n) is 4.66. The lowest BCUT2D eigenvalue weighted by atomic mass is 9.99. The maximum atomic E-state index is 14.0. The molecule has 1 heterocycles. The van der Waals surface area contributed by atoms with Crippen molar-refractivity contribution in [1.82, 2.24) is 14.5 Å². The van der Waals surface area contributed by atoms with E-state index >= 15 is 0 Å². The number of hydrogen-bond acceptors (Lipinski definition) is 4. The lowest BCUT2D eigenvalue weighted by Crippen LogP contribution is -2.40. The SMILES string of the molecule is Cc1ccc2c(c1)nc([C@@H](C(C)C)N(CCCN)C(=O)c1ccc(O)cc1)n2Cc1cccc(F)c1. The molecule has 1 atom stereocenters. The van der Waals surface area contributed by atoms with Gasteiger partial charge in [-0.3, -0.25) is 4.79 Å². The quantitative estimate of drug-likeness (QED) is 0.329. The molecule has 4 aromatic rings. The van der Waals surface area contributed by atoms with Gasteiger partial charge in [-0.05, 0) is 85.5 Å². The number of fused-ring (bicyclic) bond motifs is 1. The predicted molar refractivity (Wildman–Crippen MR) is 140 cm³/mol. The Labute approximate surface area is 211 Å². The highest BCUT2D eigenvalue weighted by atomic mass is 19.1. The Kier molecular flexibility index (Phi) is 7.70. The summed E-state index contributed by atoms with van der Waals surface area (Å²) in [5.74, 6) is 0.448. The molecule has 0 radical (unpaired) electrons. The van der Waals surface area contributed by atoms with Gasteiger partial charge < -0.3 is 20.3 Å². The summed E-state index contributed by atoms with van der Waals surface area (Å²) in [5.41, 5.74) is 10.0. The van der Waals surface area contributed by atoms with Crippen LogP contribution in [0.3, 0.4) is 0 Å². The molecule has 0 aliphatic rings. The van der Waals surface area contributed by atoms with Gasteiger partial charge in [0.15, 0.2) is 0 Å². The van der Waals surface area contributed by atoms with Gasteiger partial charge in [-0.1, -0.05) is 32.0 Å². The molecule has 36 heavy (non-hydrogen) atoms. The zero-order valence-electron chi connectivity index (χ0n) is 21.0. The Morgan fingerprint density at radius 2 is 1.86 bits per heavy atom. The van der Waals surface area contributed by atoms with Gasteiger partial charge >= 0.3 is 0 Å². The van der Waals surface area contributed by atoms with E-state index < -0.39 is 0 Å². The molecule has 7 heteroatoms. The Morgan fingerprint density at radius 3 is 2.53 bits per heavy atom. The van der Waals surface area contributed by atoms with Crippen molar-refractivity contribution in [2.75, 3.05) is 13.1 Å². The molecule has 1 amide bonds. The normalized spacial score (nSPS) is 12.3.